The summed E-state index contributed by atoms with van der Waals surface area (Å²) in [5, 5.41) is 41.4. The molecule has 0 radical (unpaired) electrons. The van der Waals surface area contributed by atoms with Crippen molar-refractivity contribution in [3.05, 3.63) is 29.6 Å². The van der Waals surface area contributed by atoms with E-state index in [-0.39, 0.29) is 22.7 Å². The van der Waals surface area contributed by atoms with Gasteiger partial charge in [0.05, 0.1) is 21.8 Å². The second kappa shape index (κ2) is 6.45. The summed E-state index contributed by atoms with van der Waals surface area (Å²) in [6.45, 7) is 1.55. The highest BCUT2D eigenvalue weighted by Gasteiger charge is 2.59. The predicted octanol–water partition coefficient (Wildman–Crippen LogP) is -0.429. The minimum atomic E-state index is -3.08. The van der Waals surface area contributed by atoms with E-state index in [0.717, 1.165) is 16.9 Å². The Labute approximate surface area is 158 Å². The highest BCUT2D eigenvalue weighted by atomic mass is 16.6. The van der Waals surface area contributed by atoms with Gasteiger partial charge < -0.3 is 19.7 Å². The van der Waals surface area contributed by atoms with Crippen molar-refractivity contribution in [2.45, 2.75) is 44.7 Å². The molecular formula is C17H21N5O5. The molecule has 0 aliphatic carbocycles. The lowest BCUT2D eigenvalue weighted by Crippen LogP contribution is -2.44. The van der Waals surface area contributed by atoms with Gasteiger partial charge in [-0.1, -0.05) is 0 Å². The van der Waals surface area contributed by atoms with Gasteiger partial charge in [0.1, 0.15) is 30.1 Å². The molecule has 4 N–H and O–H groups in total. The molecule has 1 saturated heterocycles. The second-order valence-electron chi connectivity index (χ2n) is 7.17. The lowest BCUT2D eigenvalue weighted by atomic mass is 9.92. The van der Waals surface area contributed by atoms with Crippen LogP contribution in [0.3, 0.4) is 0 Å². The van der Waals surface area contributed by atoms with Gasteiger partial charge in [0.25, 0.3) is 0 Å². The van der Waals surface area contributed by atoms with Crippen LogP contribution in [0.5, 0.6) is 0 Å². The number of nitrogens with zero attached hydrogens (tertiary/aromatic N) is 3. The number of aliphatic hydroxyl groups is 2. The number of aromatic nitrogens is 3. The van der Waals surface area contributed by atoms with E-state index in [1.54, 1.807) is 26.8 Å². The van der Waals surface area contributed by atoms with Crippen molar-refractivity contribution in [1.82, 2.24) is 14.6 Å². The molecule has 27 heavy (non-hydrogen) atoms. The van der Waals surface area contributed by atoms with E-state index in [1.165, 1.54) is 0 Å². The van der Waals surface area contributed by atoms with Gasteiger partial charge in [-0.3, -0.25) is 19.8 Å². The van der Waals surface area contributed by atoms with E-state index >= 15 is 0 Å². The van der Waals surface area contributed by atoms with E-state index in [0.29, 0.717) is 0 Å². The number of nitriles is 1. The number of carbonyl (C=O) groups excluding carboxylic acids is 1. The Morgan fingerprint density at radius 1 is 1.70 bits per heavy atom. The van der Waals surface area contributed by atoms with Gasteiger partial charge in [-0.2, -0.15) is 5.26 Å². The van der Waals surface area contributed by atoms with Crippen molar-refractivity contribution in [2.75, 3.05) is 6.56 Å². The zero-order valence-corrected chi connectivity index (χ0v) is 14.8. The maximum Gasteiger partial charge on any atom is 0.311 e. The number of rotatable bonds is 3. The Hall–Kier alpha value is -2.74. The number of aliphatic hydroxyl groups excluding tert-OH is 1. The first-order valence-electron chi connectivity index (χ1n) is 9.55. The number of carbonyl (C=O) groups is 1. The summed E-state index contributed by atoms with van der Waals surface area (Å²) in [5.41, 5.74) is -3.78. The fourth-order valence-electron chi connectivity index (χ4n) is 2.80. The van der Waals surface area contributed by atoms with Gasteiger partial charge in [0.15, 0.2) is 11.6 Å². The molecule has 2 aromatic rings. The van der Waals surface area contributed by atoms with Crippen LogP contribution in [-0.2, 0) is 19.9 Å². The first-order valence-corrected chi connectivity index (χ1v) is 8.05. The van der Waals surface area contributed by atoms with Gasteiger partial charge in [0.2, 0.25) is 5.60 Å². The van der Waals surface area contributed by atoms with Crippen molar-refractivity contribution in [3.8, 4) is 6.07 Å². The van der Waals surface area contributed by atoms with Crippen LogP contribution in [0.4, 0.5) is 0 Å². The third-order valence-corrected chi connectivity index (χ3v) is 4.28. The molecule has 0 spiro atoms. The molecular weight excluding hydrogens is 354 g/mol. The number of esters is 1. The van der Waals surface area contributed by atoms with Crippen molar-refractivity contribution < 1.29 is 28.6 Å². The number of ether oxygens (including phenoxy) is 2. The zero-order chi connectivity index (χ0) is 22.6. The quantitative estimate of drug-likeness (QED) is 0.528. The molecule has 0 bridgehead atoms. The van der Waals surface area contributed by atoms with E-state index in [2.05, 4.69) is 10.1 Å². The fraction of sp³-hybridized carbons (Fsp3) is 0.529. The van der Waals surface area contributed by atoms with Gasteiger partial charge in [-0.05, 0) is 32.9 Å². The van der Waals surface area contributed by atoms with Crippen LogP contribution in [0.15, 0.2) is 18.4 Å². The minimum absolute atomic E-state index is 0.0170. The molecule has 3 heterocycles. The molecule has 3 rings (SSSR count). The number of fused-ring (bicyclic) bond motifs is 1. The number of hydrogen-bond acceptors (Lipinski definition) is 8. The van der Waals surface area contributed by atoms with Crippen LogP contribution in [0, 0.1) is 22.2 Å². The molecule has 4 atom stereocenters. The standard InChI is InChI=1S/C17H21N5O5/c1-16(2,3)15(25)26-12-10(6-23)27-17(7-18,13(12)24)11-5-4-9-14(19)20-8-21-22(9)11/h4-5,8,10,12-13,23-24H,6H2,1-3H3,(H2,19,20,21)/t10-,12-,13-,17+/m1/s1/i4D,6D2. The van der Waals surface area contributed by atoms with Gasteiger partial charge >= 0.3 is 5.97 Å². The van der Waals surface area contributed by atoms with E-state index in [4.69, 9.17) is 19.0 Å². The Balaban J connectivity index is 2.19. The average molecular weight is 378 g/mol. The number of nitrogens with one attached hydrogen (secondary N) is 2. The summed E-state index contributed by atoms with van der Waals surface area (Å²) in [6, 6.07) is 2.71. The average Bonchev–Trinajstić information content (AvgIpc) is 3.11. The molecule has 1 fully saturated rings. The number of aromatic amines is 1. The first kappa shape index (κ1) is 15.3. The number of H-pyrrole nitrogens is 1. The highest BCUT2D eigenvalue weighted by molar-refractivity contribution is 5.75. The Bertz CT molecular complexity index is 1100. The Morgan fingerprint density at radius 2 is 2.41 bits per heavy atom. The topological polar surface area (TPSA) is 157 Å². The molecule has 144 valence electrons. The van der Waals surface area contributed by atoms with Gasteiger partial charge in [-0.15, -0.1) is 0 Å². The Kier molecular flexibility index (Phi) is 3.66. The Morgan fingerprint density at radius 3 is 3.00 bits per heavy atom. The van der Waals surface area contributed by atoms with Gasteiger partial charge in [-0.25, -0.2) is 4.98 Å². The maximum absolute atomic E-state index is 12.4. The lowest BCUT2D eigenvalue weighted by molar-refractivity contribution is -0.166. The summed E-state index contributed by atoms with van der Waals surface area (Å²) in [4.78, 5) is 16.1. The molecule has 10 heteroatoms. The monoisotopic (exact) mass is 378 g/mol. The van der Waals surface area contributed by atoms with Crippen LogP contribution in [-0.4, -0.2) is 55.7 Å². The van der Waals surface area contributed by atoms with Crippen LogP contribution in [0.2, 0.25) is 0 Å². The van der Waals surface area contributed by atoms with Crippen LogP contribution < -0.4 is 5.49 Å². The maximum atomic E-state index is 12.4. The zero-order valence-electron chi connectivity index (χ0n) is 17.8. The largest absolute Gasteiger partial charge is 0.456 e. The van der Waals surface area contributed by atoms with E-state index < -0.39 is 41.9 Å². The lowest BCUT2D eigenvalue weighted by Gasteiger charge is -2.26. The molecule has 10 nitrogen and oxygen atoms in total. The summed E-state index contributed by atoms with van der Waals surface area (Å²) in [6.07, 6.45) is -4.43. The molecule has 0 saturated carbocycles. The normalized spacial score (nSPS) is 30.4. The van der Waals surface area contributed by atoms with Crippen molar-refractivity contribution in [1.29, 1.82) is 10.7 Å². The third-order valence-electron chi connectivity index (χ3n) is 4.28. The highest BCUT2D eigenvalue weighted by Crippen LogP contribution is 2.41. The first-order chi connectivity index (χ1) is 13.7. The molecule has 1 aliphatic heterocycles. The summed E-state index contributed by atoms with van der Waals surface area (Å²) >= 11 is 0. The minimum Gasteiger partial charge on any atom is -0.456 e. The molecule has 0 amide bonds. The summed E-state index contributed by atoms with van der Waals surface area (Å²) in [7, 11) is 0. The van der Waals surface area contributed by atoms with Crippen molar-refractivity contribution >= 4 is 11.5 Å². The fourth-order valence-corrected chi connectivity index (χ4v) is 2.80. The van der Waals surface area contributed by atoms with Crippen LogP contribution >= 0.6 is 0 Å². The van der Waals surface area contributed by atoms with Crippen LogP contribution in [0.25, 0.3) is 5.52 Å². The predicted molar refractivity (Wildman–Crippen MR) is 90.0 cm³/mol. The molecule has 1 aliphatic rings. The van der Waals surface area contributed by atoms with Gasteiger partial charge in [0, 0.05) is 0 Å². The smallest absolute Gasteiger partial charge is 0.311 e. The number of hydrogen-bond donors (Lipinski definition) is 4. The second-order valence-corrected chi connectivity index (χ2v) is 7.17. The molecule has 2 aromatic heterocycles. The molecule has 0 unspecified atom stereocenters. The third kappa shape index (κ3) is 2.90. The van der Waals surface area contributed by atoms with E-state index in [9.17, 15) is 20.3 Å². The summed E-state index contributed by atoms with van der Waals surface area (Å²) < 4.78 is 35.3. The molecule has 0 aromatic carbocycles. The van der Waals surface area contributed by atoms with Crippen molar-refractivity contribution in [2.24, 2.45) is 5.41 Å². The van der Waals surface area contributed by atoms with Crippen molar-refractivity contribution in [3.63, 3.8) is 0 Å². The summed E-state index contributed by atoms with van der Waals surface area (Å²) in [5.74, 6) is -0.802. The van der Waals surface area contributed by atoms with E-state index in [1.807, 2.05) is 0 Å². The van der Waals surface area contributed by atoms with Crippen LogP contribution in [0.1, 0.15) is 30.6 Å². The SMILES string of the molecule is [2H]c1cc([C@]2(C#N)O[C@H](C([2H])([2H])O)[C@@H](OC(=O)C(C)(C)C)[C@H]2O)n2[nH]cnc(=N)c12.